The standard InChI is InChI=1S/C12H22N2O5S2/c1-3-21(18,19)10-8-20-7-6-14(10)12(17)13-5-4-9(2)11(15)16/h9-10H,3-8H2,1-2H3,(H,13,17)(H,15,16). The van der Waals surface area contributed by atoms with Gasteiger partial charge in [-0.05, 0) is 6.42 Å². The molecule has 7 nitrogen and oxygen atoms in total. The van der Waals surface area contributed by atoms with Crippen LogP contribution < -0.4 is 5.32 Å². The molecule has 1 heterocycles. The average molecular weight is 338 g/mol. The van der Waals surface area contributed by atoms with Crippen molar-refractivity contribution in [1.29, 1.82) is 0 Å². The minimum absolute atomic E-state index is 0.00193. The second-order valence-electron chi connectivity index (χ2n) is 4.93. The quantitative estimate of drug-likeness (QED) is 0.736. The van der Waals surface area contributed by atoms with E-state index in [4.69, 9.17) is 5.11 Å². The number of nitrogens with one attached hydrogen (secondary N) is 1. The molecule has 0 aromatic rings. The molecule has 0 spiro atoms. The minimum atomic E-state index is -3.32. The number of nitrogens with zero attached hydrogens (tertiary/aromatic N) is 1. The van der Waals surface area contributed by atoms with Crippen LogP contribution in [0.4, 0.5) is 4.79 Å². The molecule has 1 fully saturated rings. The highest BCUT2D eigenvalue weighted by Crippen LogP contribution is 2.21. The number of urea groups is 1. The lowest BCUT2D eigenvalue weighted by Crippen LogP contribution is -2.54. The van der Waals surface area contributed by atoms with Crippen molar-refractivity contribution in [2.75, 3.05) is 30.3 Å². The zero-order chi connectivity index (χ0) is 16.0. The molecule has 0 aromatic heterocycles. The zero-order valence-electron chi connectivity index (χ0n) is 12.2. The summed E-state index contributed by atoms with van der Waals surface area (Å²) in [7, 11) is -3.32. The molecule has 2 unspecified atom stereocenters. The van der Waals surface area contributed by atoms with E-state index >= 15 is 0 Å². The molecule has 122 valence electrons. The van der Waals surface area contributed by atoms with Gasteiger partial charge < -0.3 is 15.3 Å². The first-order chi connectivity index (χ1) is 9.79. The Bertz CT molecular complexity index is 480. The highest BCUT2D eigenvalue weighted by Gasteiger charge is 2.35. The molecule has 0 bridgehead atoms. The lowest BCUT2D eigenvalue weighted by Gasteiger charge is -2.34. The fourth-order valence-corrected chi connectivity index (χ4v) is 4.89. The van der Waals surface area contributed by atoms with Crippen LogP contribution in [0, 0.1) is 5.92 Å². The lowest BCUT2D eigenvalue weighted by molar-refractivity contribution is -0.141. The van der Waals surface area contributed by atoms with Crippen molar-refractivity contribution in [3.8, 4) is 0 Å². The third-order valence-electron chi connectivity index (χ3n) is 3.44. The molecular weight excluding hydrogens is 316 g/mol. The molecule has 2 atom stereocenters. The normalized spacial score (nSPS) is 20.9. The first-order valence-electron chi connectivity index (χ1n) is 6.86. The summed E-state index contributed by atoms with van der Waals surface area (Å²) < 4.78 is 24.1. The Morgan fingerprint density at radius 1 is 1.48 bits per heavy atom. The number of amides is 2. The van der Waals surface area contributed by atoms with Gasteiger partial charge in [-0.3, -0.25) is 4.79 Å². The Hall–Kier alpha value is -0.960. The predicted molar refractivity (Wildman–Crippen MR) is 82.1 cm³/mol. The van der Waals surface area contributed by atoms with E-state index in [0.29, 0.717) is 24.5 Å². The number of carbonyl (C=O) groups is 2. The van der Waals surface area contributed by atoms with Gasteiger partial charge in [0.15, 0.2) is 9.84 Å². The Labute approximate surface area is 129 Å². The molecule has 0 aromatic carbocycles. The number of aliphatic carboxylic acids is 1. The second kappa shape index (κ2) is 7.88. The van der Waals surface area contributed by atoms with Gasteiger partial charge in [-0.15, -0.1) is 0 Å². The number of rotatable bonds is 6. The molecule has 0 aliphatic carbocycles. The highest BCUT2D eigenvalue weighted by molar-refractivity contribution is 8.01. The Balaban J connectivity index is 2.60. The molecule has 2 amide bonds. The highest BCUT2D eigenvalue weighted by atomic mass is 32.2. The molecule has 0 saturated carbocycles. The second-order valence-corrected chi connectivity index (χ2v) is 8.53. The Morgan fingerprint density at radius 3 is 2.71 bits per heavy atom. The molecule has 1 aliphatic heterocycles. The first-order valence-corrected chi connectivity index (χ1v) is 9.73. The van der Waals surface area contributed by atoms with Crippen molar-refractivity contribution in [1.82, 2.24) is 10.2 Å². The van der Waals surface area contributed by atoms with E-state index in [1.807, 2.05) is 0 Å². The summed E-state index contributed by atoms with van der Waals surface area (Å²) in [6.07, 6.45) is 0.314. The lowest BCUT2D eigenvalue weighted by atomic mass is 10.1. The van der Waals surface area contributed by atoms with Crippen LogP contribution in [0.1, 0.15) is 20.3 Å². The third-order valence-corrected chi connectivity index (χ3v) is 6.73. The van der Waals surface area contributed by atoms with Crippen LogP contribution in [0.2, 0.25) is 0 Å². The molecule has 0 radical (unpaired) electrons. The summed E-state index contributed by atoms with van der Waals surface area (Å²) >= 11 is 1.52. The molecule has 21 heavy (non-hydrogen) atoms. The van der Waals surface area contributed by atoms with Crippen LogP contribution in [0.3, 0.4) is 0 Å². The van der Waals surface area contributed by atoms with Gasteiger partial charge in [0.25, 0.3) is 0 Å². The molecule has 2 N–H and O–H groups in total. The number of carbonyl (C=O) groups excluding carboxylic acids is 1. The van der Waals surface area contributed by atoms with Gasteiger partial charge in [0.05, 0.1) is 5.92 Å². The molecule has 1 rings (SSSR count). The third kappa shape index (κ3) is 5.06. The fourth-order valence-electron chi connectivity index (χ4n) is 1.92. The molecule has 1 saturated heterocycles. The summed E-state index contributed by atoms with van der Waals surface area (Å²) in [5.74, 6) is -0.371. The Kier molecular flexibility index (Phi) is 6.79. The van der Waals surface area contributed by atoms with Crippen molar-refractivity contribution in [3.63, 3.8) is 0 Å². The first kappa shape index (κ1) is 18.1. The van der Waals surface area contributed by atoms with Gasteiger partial charge in [-0.1, -0.05) is 13.8 Å². The number of hydrogen-bond acceptors (Lipinski definition) is 5. The molecule has 9 heteroatoms. The average Bonchev–Trinajstić information content (AvgIpc) is 2.46. The smallest absolute Gasteiger partial charge is 0.318 e. The number of hydrogen-bond donors (Lipinski definition) is 2. The van der Waals surface area contributed by atoms with E-state index in [1.54, 1.807) is 13.8 Å². The topological polar surface area (TPSA) is 104 Å². The monoisotopic (exact) mass is 338 g/mol. The van der Waals surface area contributed by atoms with E-state index in [1.165, 1.54) is 16.7 Å². The van der Waals surface area contributed by atoms with Gasteiger partial charge in [-0.2, -0.15) is 11.8 Å². The Morgan fingerprint density at radius 2 is 2.14 bits per heavy atom. The minimum Gasteiger partial charge on any atom is -0.481 e. The number of carboxylic acid groups (broad SMARTS) is 1. The predicted octanol–water partition coefficient (Wildman–Crippen LogP) is 0.616. The van der Waals surface area contributed by atoms with Gasteiger partial charge in [0.1, 0.15) is 5.37 Å². The molecule has 1 aliphatic rings. The summed E-state index contributed by atoms with van der Waals surface area (Å²) in [6.45, 7) is 3.74. The molecular formula is C12H22N2O5S2. The van der Waals surface area contributed by atoms with Crippen LogP contribution in [-0.2, 0) is 14.6 Å². The zero-order valence-corrected chi connectivity index (χ0v) is 13.9. The maximum atomic E-state index is 12.1. The summed E-state index contributed by atoms with van der Waals surface area (Å²) in [4.78, 5) is 24.2. The van der Waals surface area contributed by atoms with E-state index in [9.17, 15) is 18.0 Å². The van der Waals surface area contributed by atoms with Crippen LogP contribution in [0.5, 0.6) is 0 Å². The van der Waals surface area contributed by atoms with E-state index in [-0.39, 0.29) is 12.3 Å². The largest absolute Gasteiger partial charge is 0.481 e. The van der Waals surface area contributed by atoms with Crippen molar-refractivity contribution in [3.05, 3.63) is 0 Å². The summed E-state index contributed by atoms with van der Waals surface area (Å²) in [6, 6.07) is -0.435. The van der Waals surface area contributed by atoms with Gasteiger partial charge >= 0.3 is 12.0 Å². The maximum Gasteiger partial charge on any atom is 0.318 e. The number of carboxylic acids is 1. The maximum absolute atomic E-state index is 12.1. The van der Waals surface area contributed by atoms with E-state index in [0.717, 1.165) is 0 Å². The van der Waals surface area contributed by atoms with Gasteiger partial charge in [-0.25, -0.2) is 13.2 Å². The van der Waals surface area contributed by atoms with Crippen LogP contribution in [0.15, 0.2) is 0 Å². The van der Waals surface area contributed by atoms with Crippen molar-refractivity contribution >= 4 is 33.6 Å². The van der Waals surface area contributed by atoms with Crippen LogP contribution in [-0.4, -0.2) is 66.1 Å². The number of thioether (sulfide) groups is 1. The van der Waals surface area contributed by atoms with Gasteiger partial charge in [0.2, 0.25) is 0 Å². The van der Waals surface area contributed by atoms with Crippen molar-refractivity contribution in [2.24, 2.45) is 5.92 Å². The van der Waals surface area contributed by atoms with E-state index < -0.39 is 33.1 Å². The fraction of sp³-hybridized carbons (Fsp3) is 0.833. The SMILES string of the molecule is CCS(=O)(=O)C1CSCCN1C(=O)NCCC(C)C(=O)O. The van der Waals surface area contributed by atoms with Crippen LogP contribution >= 0.6 is 11.8 Å². The van der Waals surface area contributed by atoms with E-state index in [2.05, 4.69) is 5.32 Å². The van der Waals surface area contributed by atoms with Crippen LogP contribution in [0.25, 0.3) is 0 Å². The van der Waals surface area contributed by atoms with Crippen molar-refractivity contribution < 1.29 is 23.1 Å². The summed E-state index contributed by atoms with van der Waals surface area (Å²) in [5.41, 5.74) is 0. The summed E-state index contributed by atoms with van der Waals surface area (Å²) in [5, 5.41) is 10.6. The van der Waals surface area contributed by atoms with Gasteiger partial charge in [0, 0.05) is 30.3 Å². The van der Waals surface area contributed by atoms with Crippen molar-refractivity contribution in [2.45, 2.75) is 25.6 Å². The number of sulfone groups is 1.